The van der Waals surface area contributed by atoms with Gasteiger partial charge in [0.2, 0.25) is 11.8 Å². The minimum absolute atomic E-state index is 0.000569. The molecule has 4 N–H and O–H groups in total. The van der Waals surface area contributed by atoms with E-state index in [2.05, 4.69) is 15.3 Å². The Kier molecular flexibility index (Phi) is 5.73. The zero-order chi connectivity index (χ0) is 15.9. The Morgan fingerprint density at radius 2 is 2.27 bits per heavy atom. The van der Waals surface area contributed by atoms with Crippen LogP contribution in [0.4, 0.5) is 0 Å². The van der Waals surface area contributed by atoms with E-state index >= 15 is 0 Å². The molecule has 0 aliphatic heterocycles. The van der Waals surface area contributed by atoms with Crippen LogP contribution in [0.2, 0.25) is 0 Å². The van der Waals surface area contributed by atoms with Gasteiger partial charge >= 0.3 is 0 Å². The molecular formula is C13H14N4O3S2. The molecule has 2 rings (SSSR count). The number of H-pyrrole nitrogens is 1. The average Bonchev–Trinajstić information content (AvgIpc) is 2.95. The molecule has 0 saturated carbocycles. The highest BCUT2D eigenvalue weighted by Crippen LogP contribution is 2.11. The number of nitrogens with one attached hydrogen (secondary N) is 2. The summed E-state index contributed by atoms with van der Waals surface area (Å²) in [6.45, 7) is 0.447. The lowest BCUT2D eigenvalue weighted by Gasteiger charge is -2.05. The van der Waals surface area contributed by atoms with Gasteiger partial charge < -0.3 is 16.0 Å². The van der Waals surface area contributed by atoms with E-state index in [-0.39, 0.29) is 28.8 Å². The van der Waals surface area contributed by atoms with E-state index in [0.29, 0.717) is 12.2 Å². The van der Waals surface area contributed by atoms with Gasteiger partial charge in [-0.15, -0.1) is 11.3 Å². The fourth-order valence-corrected chi connectivity index (χ4v) is 2.89. The maximum absolute atomic E-state index is 11.9. The van der Waals surface area contributed by atoms with Crippen molar-refractivity contribution in [2.45, 2.75) is 18.1 Å². The van der Waals surface area contributed by atoms with Gasteiger partial charge in [-0.3, -0.25) is 14.4 Å². The standard InChI is InChI=1S/C13H14N4O3S2/c14-10(18)7-22-13-16-8(5-12(20)17-13)4-11(19)15-6-9-2-1-3-21-9/h1-3,5H,4,6-7H2,(H2,14,18)(H,15,19)(H,16,17,20). The van der Waals surface area contributed by atoms with Gasteiger partial charge in [0.15, 0.2) is 5.16 Å². The summed E-state index contributed by atoms with van der Waals surface area (Å²) in [6.07, 6.45) is -0.000569. The number of thioether (sulfide) groups is 1. The predicted molar refractivity (Wildman–Crippen MR) is 84.6 cm³/mol. The minimum Gasteiger partial charge on any atom is -0.369 e. The Labute approximate surface area is 134 Å². The number of amides is 2. The maximum Gasteiger partial charge on any atom is 0.251 e. The fraction of sp³-hybridized carbons (Fsp3) is 0.231. The first kappa shape index (κ1) is 16.2. The molecule has 0 aromatic carbocycles. The van der Waals surface area contributed by atoms with Crippen LogP contribution in [0.25, 0.3) is 0 Å². The Morgan fingerprint density at radius 3 is 2.95 bits per heavy atom. The van der Waals surface area contributed by atoms with E-state index in [9.17, 15) is 14.4 Å². The van der Waals surface area contributed by atoms with Crippen molar-refractivity contribution in [3.05, 3.63) is 44.5 Å². The molecule has 2 aromatic heterocycles. The predicted octanol–water partition coefficient (Wildman–Crippen LogP) is 0.268. The van der Waals surface area contributed by atoms with Crippen molar-refractivity contribution in [2.24, 2.45) is 5.73 Å². The van der Waals surface area contributed by atoms with Crippen LogP contribution in [0.1, 0.15) is 10.6 Å². The molecule has 116 valence electrons. The molecule has 0 fully saturated rings. The van der Waals surface area contributed by atoms with Crippen LogP contribution in [0, 0.1) is 0 Å². The van der Waals surface area contributed by atoms with E-state index < -0.39 is 5.91 Å². The Morgan fingerprint density at radius 1 is 1.45 bits per heavy atom. The van der Waals surface area contributed by atoms with Gasteiger partial charge in [-0.25, -0.2) is 4.98 Å². The van der Waals surface area contributed by atoms with Crippen LogP contribution in [0.3, 0.4) is 0 Å². The van der Waals surface area contributed by atoms with Crippen LogP contribution < -0.4 is 16.6 Å². The van der Waals surface area contributed by atoms with Gasteiger partial charge in [0, 0.05) is 10.9 Å². The van der Waals surface area contributed by atoms with Gasteiger partial charge in [0.1, 0.15) is 0 Å². The second-order valence-electron chi connectivity index (χ2n) is 4.33. The summed E-state index contributed by atoms with van der Waals surface area (Å²) in [7, 11) is 0. The van der Waals surface area contributed by atoms with E-state index in [0.717, 1.165) is 16.6 Å². The average molecular weight is 338 g/mol. The lowest BCUT2D eigenvalue weighted by Crippen LogP contribution is -2.25. The summed E-state index contributed by atoms with van der Waals surface area (Å²) in [5.74, 6) is -0.721. The number of hydrogen-bond acceptors (Lipinski definition) is 6. The molecule has 0 unspecified atom stereocenters. The third kappa shape index (κ3) is 5.34. The third-order valence-electron chi connectivity index (χ3n) is 2.51. The molecule has 0 spiro atoms. The Bertz CT molecular complexity index is 712. The summed E-state index contributed by atoms with van der Waals surface area (Å²) >= 11 is 2.58. The highest BCUT2D eigenvalue weighted by molar-refractivity contribution is 7.99. The van der Waals surface area contributed by atoms with Crippen LogP contribution in [0.5, 0.6) is 0 Å². The zero-order valence-electron chi connectivity index (χ0n) is 11.5. The summed E-state index contributed by atoms with van der Waals surface area (Å²) in [4.78, 5) is 41.8. The normalized spacial score (nSPS) is 10.4. The molecule has 2 amide bonds. The van der Waals surface area contributed by atoms with E-state index in [1.54, 1.807) is 11.3 Å². The van der Waals surface area contributed by atoms with Gasteiger partial charge in [-0.1, -0.05) is 17.8 Å². The molecule has 0 atom stereocenters. The van der Waals surface area contributed by atoms with Crippen molar-refractivity contribution in [1.29, 1.82) is 0 Å². The number of carbonyl (C=O) groups excluding carboxylic acids is 2. The van der Waals surface area contributed by atoms with Crippen molar-refractivity contribution < 1.29 is 9.59 Å². The van der Waals surface area contributed by atoms with E-state index in [1.807, 2.05) is 17.5 Å². The first-order valence-electron chi connectivity index (χ1n) is 6.33. The highest BCUT2D eigenvalue weighted by atomic mass is 32.2. The van der Waals surface area contributed by atoms with Gasteiger partial charge in [-0.05, 0) is 11.4 Å². The molecule has 22 heavy (non-hydrogen) atoms. The molecule has 2 aromatic rings. The highest BCUT2D eigenvalue weighted by Gasteiger charge is 2.09. The monoisotopic (exact) mass is 338 g/mol. The Hall–Kier alpha value is -2.13. The number of nitrogens with zero attached hydrogens (tertiary/aromatic N) is 1. The first-order chi connectivity index (χ1) is 10.5. The van der Waals surface area contributed by atoms with Crippen molar-refractivity contribution in [1.82, 2.24) is 15.3 Å². The number of nitrogens with two attached hydrogens (primary N) is 1. The van der Waals surface area contributed by atoms with Gasteiger partial charge in [-0.2, -0.15) is 0 Å². The maximum atomic E-state index is 11.9. The van der Waals surface area contributed by atoms with Gasteiger partial charge in [0.25, 0.3) is 5.56 Å². The molecule has 0 bridgehead atoms. The Balaban J connectivity index is 1.94. The van der Waals surface area contributed by atoms with Crippen molar-refractivity contribution in [3.63, 3.8) is 0 Å². The fourth-order valence-electron chi connectivity index (χ4n) is 1.61. The molecule has 0 aliphatic rings. The van der Waals surface area contributed by atoms with Crippen LogP contribution in [-0.4, -0.2) is 27.5 Å². The number of thiophene rings is 1. The van der Waals surface area contributed by atoms with Crippen LogP contribution in [-0.2, 0) is 22.6 Å². The largest absolute Gasteiger partial charge is 0.369 e. The molecule has 7 nitrogen and oxygen atoms in total. The summed E-state index contributed by atoms with van der Waals surface area (Å²) < 4.78 is 0. The zero-order valence-corrected chi connectivity index (χ0v) is 13.1. The summed E-state index contributed by atoms with van der Waals surface area (Å²) in [5.41, 5.74) is 5.01. The number of hydrogen-bond donors (Lipinski definition) is 3. The minimum atomic E-state index is -0.508. The lowest BCUT2D eigenvalue weighted by molar-refractivity contribution is -0.120. The molecule has 0 radical (unpaired) electrons. The number of aromatic amines is 1. The second-order valence-corrected chi connectivity index (χ2v) is 6.33. The van der Waals surface area contributed by atoms with Crippen molar-refractivity contribution in [3.8, 4) is 0 Å². The topological polar surface area (TPSA) is 118 Å². The quantitative estimate of drug-likeness (QED) is 0.495. The third-order valence-corrected chi connectivity index (χ3v) is 4.28. The van der Waals surface area contributed by atoms with Crippen LogP contribution >= 0.6 is 23.1 Å². The van der Waals surface area contributed by atoms with E-state index in [1.165, 1.54) is 6.07 Å². The molecular weight excluding hydrogens is 324 g/mol. The summed E-state index contributed by atoms with van der Waals surface area (Å²) in [6, 6.07) is 5.10. The number of rotatable bonds is 7. The first-order valence-corrected chi connectivity index (χ1v) is 8.20. The van der Waals surface area contributed by atoms with Crippen molar-refractivity contribution in [2.75, 3.05) is 5.75 Å². The SMILES string of the molecule is NC(=O)CSc1nc(CC(=O)NCc2cccs2)cc(=O)[nH]1. The molecule has 0 saturated heterocycles. The molecule has 0 aliphatic carbocycles. The van der Waals surface area contributed by atoms with Gasteiger partial charge in [0.05, 0.1) is 24.4 Å². The van der Waals surface area contributed by atoms with Crippen molar-refractivity contribution >= 4 is 34.9 Å². The lowest BCUT2D eigenvalue weighted by atomic mass is 10.3. The van der Waals surface area contributed by atoms with Crippen LogP contribution in [0.15, 0.2) is 33.5 Å². The number of primary amides is 1. The smallest absolute Gasteiger partial charge is 0.251 e. The molecule has 2 heterocycles. The summed E-state index contributed by atoms with van der Waals surface area (Å²) in [5, 5.41) is 4.96. The molecule has 9 heteroatoms. The number of carbonyl (C=O) groups is 2. The second kappa shape index (κ2) is 7.76. The number of aromatic nitrogens is 2. The van der Waals surface area contributed by atoms with E-state index in [4.69, 9.17) is 5.73 Å².